The van der Waals surface area contributed by atoms with Gasteiger partial charge < -0.3 is 14.8 Å². The summed E-state index contributed by atoms with van der Waals surface area (Å²) in [4.78, 5) is 16.4. The number of amides is 1. The molecule has 0 saturated carbocycles. The minimum absolute atomic E-state index is 0.0172. The predicted octanol–water partition coefficient (Wildman–Crippen LogP) is 3.67. The highest BCUT2D eigenvalue weighted by Crippen LogP contribution is 2.40. The van der Waals surface area contributed by atoms with Crippen LogP contribution in [0.15, 0.2) is 48.5 Å². The number of fused-ring (bicyclic) bond motifs is 1. The lowest BCUT2D eigenvalue weighted by Gasteiger charge is -2.32. The maximum atomic E-state index is 11.9. The molecule has 0 saturated heterocycles. The van der Waals surface area contributed by atoms with Crippen LogP contribution in [0.3, 0.4) is 0 Å². The molecule has 3 aromatic rings. The van der Waals surface area contributed by atoms with Gasteiger partial charge in [0.05, 0.1) is 19.2 Å². The van der Waals surface area contributed by atoms with Crippen molar-refractivity contribution in [3.8, 4) is 5.75 Å². The van der Waals surface area contributed by atoms with Crippen LogP contribution in [0.2, 0.25) is 5.02 Å². The van der Waals surface area contributed by atoms with E-state index in [0.717, 1.165) is 16.9 Å². The Morgan fingerprint density at radius 2 is 2.00 bits per heavy atom. The van der Waals surface area contributed by atoms with Crippen LogP contribution in [0.1, 0.15) is 29.6 Å². The van der Waals surface area contributed by atoms with Crippen molar-refractivity contribution in [3.63, 3.8) is 0 Å². The van der Waals surface area contributed by atoms with Gasteiger partial charge >= 0.3 is 0 Å². The van der Waals surface area contributed by atoms with E-state index in [-0.39, 0.29) is 30.5 Å². The fraction of sp³-hybridized carbons (Fsp3) is 0.286. The quantitative estimate of drug-likeness (QED) is 0.623. The molecule has 0 unspecified atom stereocenters. The minimum Gasteiger partial charge on any atom is -0.497 e. The molecule has 0 bridgehead atoms. The van der Waals surface area contributed by atoms with Gasteiger partial charge in [-0.05, 0) is 35.7 Å². The fourth-order valence-corrected chi connectivity index (χ4v) is 3.84. The molecule has 2 heterocycles. The molecule has 0 aliphatic carbocycles. The van der Waals surface area contributed by atoms with Crippen LogP contribution < -0.4 is 15.4 Å². The smallest absolute Gasteiger partial charge is 0.252 e. The molecule has 30 heavy (non-hydrogen) atoms. The van der Waals surface area contributed by atoms with Crippen LogP contribution in [0.25, 0.3) is 0 Å². The maximum absolute atomic E-state index is 11.9. The molecule has 2 atom stereocenters. The molecule has 2 N–H and O–H groups in total. The summed E-state index contributed by atoms with van der Waals surface area (Å²) >= 11 is 6.51. The number of methoxy groups -OCH3 is 2. The van der Waals surface area contributed by atoms with Gasteiger partial charge in [0.2, 0.25) is 5.95 Å². The van der Waals surface area contributed by atoms with Crippen LogP contribution in [0.4, 0.5) is 11.9 Å². The summed E-state index contributed by atoms with van der Waals surface area (Å²) in [5.41, 5.74) is 2.03. The highest BCUT2D eigenvalue weighted by molar-refractivity contribution is 6.31. The van der Waals surface area contributed by atoms with Crippen molar-refractivity contribution in [1.29, 1.82) is 0 Å². The fourth-order valence-electron chi connectivity index (χ4n) is 3.58. The van der Waals surface area contributed by atoms with Crippen molar-refractivity contribution in [3.05, 3.63) is 64.7 Å². The highest BCUT2D eigenvalue weighted by atomic mass is 35.5. The lowest BCUT2D eigenvalue weighted by Crippen LogP contribution is -2.28. The lowest BCUT2D eigenvalue weighted by molar-refractivity contribution is -0.119. The molecule has 1 aliphatic heterocycles. The van der Waals surface area contributed by atoms with E-state index in [1.54, 1.807) is 11.8 Å². The monoisotopic (exact) mass is 427 g/mol. The second-order valence-electron chi connectivity index (χ2n) is 6.93. The van der Waals surface area contributed by atoms with E-state index in [1.165, 1.54) is 7.11 Å². The number of ether oxygens (including phenoxy) is 2. The van der Waals surface area contributed by atoms with E-state index >= 15 is 0 Å². The van der Waals surface area contributed by atoms with Crippen molar-refractivity contribution in [2.24, 2.45) is 0 Å². The minimum atomic E-state index is -0.318. The van der Waals surface area contributed by atoms with Crippen molar-refractivity contribution in [2.75, 3.05) is 31.5 Å². The normalized spacial score (nSPS) is 17.7. The van der Waals surface area contributed by atoms with Gasteiger partial charge in [0, 0.05) is 12.1 Å². The van der Waals surface area contributed by atoms with Crippen LogP contribution in [-0.4, -0.2) is 41.5 Å². The van der Waals surface area contributed by atoms with Crippen molar-refractivity contribution in [1.82, 2.24) is 14.8 Å². The van der Waals surface area contributed by atoms with E-state index in [0.29, 0.717) is 17.4 Å². The first-order chi connectivity index (χ1) is 14.6. The summed E-state index contributed by atoms with van der Waals surface area (Å²) in [7, 11) is 3.10. The number of hydrogen-bond donors (Lipinski definition) is 2. The van der Waals surface area contributed by atoms with E-state index in [4.69, 9.17) is 21.1 Å². The van der Waals surface area contributed by atoms with Crippen molar-refractivity contribution >= 4 is 29.4 Å². The summed E-state index contributed by atoms with van der Waals surface area (Å²) in [5.74, 6) is 1.25. The van der Waals surface area contributed by atoms with E-state index in [1.807, 2.05) is 48.5 Å². The second kappa shape index (κ2) is 8.73. The van der Waals surface area contributed by atoms with Gasteiger partial charge in [-0.15, -0.1) is 5.10 Å². The standard InChI is InChI=1S/C21H22ClN5O3/c1-29-12-19(28)24-20-25-21-23-17(13-7-9-14(30-2)10-8-13)11-18(27(21)26-20)15-5-3-4-6-16(15)22/h3-10,17-18H,11-12H2,1-2H3,(H2,23,24,25,26,28)/t17-,18+/m0/s1. The number of nitrogens with one attached hydrogen (secondary N) is 2. The van der Waals surface area contributed by atoms with Crippen LogP contribution in [0.5, 0.6) is 5.75 Å². The number of benzene rings is 2. The van der Waals surface area contributed by atoms with Crippen LogP contribution in [0, 0.1) is 0 Å². The number of nitrogens with zero attached hydrogens (tertiary/aromatic N) is 3. The van der Waals surface area contributed by atoms with Crippen LogP contribution in [-0.2, 0) is 9.53 Å². The first-order valence-corrected chi connectivity index (χ1v) is 9.87. The van der Waals surface area contributed by atoms with Crippen molar-refractivity contribution < 1.29 is 14.3 Å². The average molecular weight is 428 g/mol. The molecule has 0 radical (unpaired) electrons. The maximum Gasteiger partial charge on any atom is 0.252 e. The van der Waals surface area contributed by atoms with E-state index in [2.05, 4.69) is 20.7 Å². The third kappa shape index (κ3) is 4.10. The third-order valence-electron chi connectivity index (χ3n) is 5.00. The Morgan fingerprint density at radius 1 is 1.23 bits per heavy atom. The zero-order valence-corrected chi connectivity index (χ0v) is 17.4. The largest absolute Gasteiger partial charge is 0.497 e. The average Bonchev–Trinajstić information content (AvgIpc) is 3.16. The summed E-state index contributed by atoms with van der Waals surface area (Å²) in [6.45, 7) is -0.0697. The number of halogens is 1. The van der Waals surface area contributed by atoms with Gasteiger partial charge in [-0.3, -0.25) is 10.1 Å². The first kappa shape index (κ1) is 20.2. The van der Waals surface area contributed by atoms with Crippen LogP contribution >= 0.6 is 11.6 Å². The number of rotatable bonds is 6. The third-order valence-corrected chi connectivity index (χ3v) is 5.34. The molecule has 0 fully saturated rings. The van der Waals surface area contributed by atoms with Gasteiger partial charge in [-0.25, -0.2) is 4.68 Å². The number of aromatic nitrogens is 3. The molecular weight excluding hydrogens is 406 g/mol. The molecule has 8 nitrogen and oxygen atoms in total. The molecule has 1 aromatic heterocycles. The van der Waals surface area contributed by atoms with Gasteiger partial charge in [0.15, 0.2) is 0 Å². The number of hydrogen-bond acceptors (Lipinski definition) is 6. The topological polar surface area (TPSA) is 90.3 Å². The molecule has 0 spiro atoms. The van der Waals surface area contributed by atoms with Gasteiger partial charge in [0.1, 0.15) is 12.4 Å². The van der Waals surface area contributed by atoms with Crippen molar-refractivity contribution in [2.45, 2.75) is 18.5 Å². The molecule has 156 valence electrons. The van der Waals surface area contributed by atoms with Gasteiger partial charge in [-0.1, -0.05) is 41.9 Å². The molecule has 4 rings (SSSR count). The van der Waals surface area contributed by atoms with E-state index in [9.17, 15) is 4.79 Å². The zero-order valence-electron chi connectivity index (χ0n) is 16.6. The van der Waals surface area contributed by atoms with E-state index < -0.39 is 0 Å². The SMILES string of the molecule is COCC(=O)Nc1nc2n(n1)[C@@H](c1ccccc1Cl)C[C@@H](c1ccc(OC)cc1)N2. The summed E-state index contributed by atoms with van der Waals surface area (Å²) in [6.07, 6.45) is 0.706. The Kier molecular flexibility index (Phi) is 5.87. The number of anilines is 2. The number of carbonyl (C=O) groups is 1. The molecule has 1 amide bonds. The Labute approximate surface area is 179 Å². The molecule has 9 heteroatoms. The summed E-state index contributed by atoms with van der Waals surface area (Å²) in [6, 6.07) is 15.4. The summed E-state index contributed by atoms with van der Waals surface area (Å²) in [5, 5.41) is 11.2. The lowest BCUT2D eigenvalue weighted by atomic mass is 9.93. The highest BCUT2D eigenvalue weighted by Gasteiger charge is 2.32. The Balaban J connectivity index is 1.70. The Hall–Kier alpha value is -3.10. The summed E-state index contributed by atoms with van der Waals surface area (Å²) < 4.78 is 11.9. The predicted molar refractivity (Wildman–Crippen MR) is 114 cm³/mol. The van der Waals surface area contributed by atoms with Gasteiger partial charge in [-0.2, -0.15) is 4.98 Å². The molecule has 1 aliphatic rings. The Bertz CT molecular complexity index is 1040. The molecule has 2 aromatic carbocycles. The van der Waals surface area contributed by atoms with Gasteiger partial charge in [0.25, 0.3) is 11.9 Å². The first-order valence-electron chi connectivity index (χ1n) is 9.49. The molecular formula is C21H22ClN5O3. The zero-order chi connectivity index (χ0) is 21.1. The Morgan fingerprint density at radius 3 is 2.70 bits per heavy atom. The number of carbonyl (C=O) groups excluding carboxylic acids is 1. The second-order valence-corrected chi connectivity index (χ2v) is 7.34.